The molecule has 0 fully saturated rings. The summed E-state index contributed by atoms with van der Waals surface area (Å²) in [7, 11) is 0. The van der Waals surface area contributed by atoms with Crippen LogP contribution in [0.1, 0.15) is 17.2 Å². The molecule has 6 heteroatoms. The highest BCUT2D eigenvalue weighted by molar-refractivity contribution is 9.11. The quantitative estimate of drug-likeness (QED) is 0.730. The highest BCUT2D eigenvalue weighted by Crippen LogP contribution is 2.33. The molecule has 0 saturated carbocycles. The summed E-state index contributed by atoms with van der Waals surface area (Å²) in [6, 6.07) is 6.74. The van der Waals surface area contributed by atoms with Crippen LogP contribution in [-0.4, -0.2) is 5.11 Å². The van der Waals surface area contributed by atoms with Gasteiger partial charge in [-0.1, -0.05) is 37.9 Å². The molecule has 0 bridgehead atoms. The fraction of sp³-hybridized carbons (Fsp3) is 0.0769. The van der Waals surface area contributed by atoms with E-state index in [0.29, 0.717) is 14.5 Å². The Labute approximate surface area is 124 Å². The molecule has 1 atom stereocenters. The Hall–Kier alpha value is -0.850. The minimum Gasteiger partial charge on any atom is -0.384 e. The number of hydrogen-bond donors (Lipinski definition) is 1. The van der Waals surface area contributed by atoms with Crippen LogP contribution in [0.15, 0.2) is 39.3 Å². The van der Waals surface area contributed by atoms with E-state index < -0.39 is 23.6 Å². The van der Waals surface area contributed by atoms with Gasteiger partial charge in [0.25, 0.3) is 0 Å². The number of hydrogen-bond acceptors (Lipinski definition) is 1. The van der Waals surface area contributed by atoms with Crippen LogP contribution in [-0.2, 0) is 0 Å². The van der Waals surface area contributed by atoms with Crippen LogP contribution >= 0.6 is 31.9 Å². The lowest BCUT2D eigenvalue weighted by Crippen LogP contribution is -2.06. The topological polar surface area (TPSA) is 20.2 Å². The molecular formula is C13H7Br2F3O. The number of aliphatic hydroxyl groups excluding tert-OH is 1. The molecule has 100 valence electrons. The van der Waals surface area contributed by atoms with E-state index in [2.05, 4.69) is 31.9 Å². The smallest absolute Gasteiger partial charge is 0.194 e. The monoisotopic (exact) mass is 394 g/mol. The zero-order chi connectivity index (χ0) is 14.2. The molecule has 0 heterocycles. The summed E-state index contributed by atoms with van der Waals surface area (Å²) in [6.45, 7) is 0. The maximum absolute atomic E-state index is 13.6. The maximum Gasteiger partial charge on any atom is 0.194 e. The summed E-state index contributed by atoms with van der Waals surface area (Å²) in [5.41, 5.74) is 0.0250. The molecule has 0 saturated heterocycles. The molecule has 2 aromatic rings. The number of benzene rings is 2. The Morgan fingerprint density at radius 1 is 0.895 bits per heavy atom. The number of rotatable bonds is 2. The van der Waals surface area contributed by atoms with Gasteiger partial charge in [0.15, 0.2) is 17.5 Å². The summed E-state index contributed by atoms with van der Waals surface area (Å²) in [4.78, 5) is 0. The summed E-state index contributed by atoms with van der Waals surface area (Å²) in [5.74, 6) is -4.27. The van der Waals surface area contributed by atoms with E-state index >= 15 is 0 Å². The van der Waals surface area contributed by atoms with Crippen LogP contribution < -0.4 is 0 Å². The number of halogens is 5. The molecule has 2 aromatic carbocycles. The minimum atomic E-state index is -1.59. The normalized spacial score (nSPS) is 12.5. The predicted molar refractivity (Wildman–Crippen MR) is 72.2 cm³/mol. The molecular weight excluding hydrogens is 389 g/mol. The first-order valence-electron chi connectivity index (χ1n) is 5.18. The molecule has 0 aliphatic rings. The van der Waals surface area contributed by atoms with E-state index in [-0.39, 0.29) is 5.56 Å². The van der Waals surface area contributed by atoms with Gasteiger partial charge < -0.3 is 5.11 Å². The molecule has 0 radical (unpaired) electrons. The summed E-state index contributed by atoms with van der Waals surface area (Å²) in [5, 5.41) is 10.1. The Bertz CT molecular complexity index is 632. The van der Waals surface area contributed by atoms with Gasteiger partial charge in [-0.15, -0.1) is 0 Å². The average molecular weight is 396 g/mol. The van der Waals surface area contributed by atoms with E-state index in [0.717, 1.165) is 12.1 Å². The van der Waals surface area contributed by atoms with Crippen molar-refractivity contribution in [1.82, 2.24) is 0 Å². The maximum atomic E-state index is 13.6. The minimum absolute atomic E-state index is 0.322. The van der Waals surface area contributed by atoms with Crippen LogP contribution in [0, 0.1) is 17.5 Å². The lowest BCUT2D eigenvalue weighted by atomic mass is 10.0. The summed E-state index contributed by atoms with van der Waals surface area (Å²) in [6.07, 6.45) is -1.40. The SMILES string of the molecule is OC(c1cc(Br)ccc1Br)c1ccc(F)c(F)c1F. The second-order valence-electron chi connectivity index (χ2n) is 3.83. The van der Waals surface area contributed by atoms with Gasteiger partial charge in [0, 0.05) is 20.1 Å². The van der Waals surface area contributed by atoms with E-state index in [1.54, 1.807) is 18.2 Å². The van der Waals surface area contributed by atoms with Gasteiger partial charge in [-0.3, -0.25) is 0 Å². The molecule has 0 aliphatic heterocycles. The fourth-order valence-electron chi connectivity index (χ4n) is 1.64. The van der Waals surface area contributed by atoms with Gasteiger partial charge in [-0.05, 0) is 24.3 Å². The summed E-state index contributed by atoms with van der Waals surface area (Å²) < 4.78 is 40.9. The molecule has 0 amide bonds. The average Bonchev–Trinajstić information content (AvgIpc) is 2.38. The summed E-state index contributed by atoms with van der Waals surface area (Å²) >= 11 is 6.44. The van der Waals surface area contributed by atoms with Gasteiger partial charge in [-0.2, -0.15) is 0 Å². The predicted octanol–water partition coefficient (Wildman–Crippen LogP) is 4.71. The van der Waals surface area contributed by atoms with Crippen molar-refractivity contribution in [1.29, 1.82) is 0 Å². The molecule has 1 N–H and O–H groups in total. The molecule has 1 nitrogen and oxygen atoms in total. The standard InChI is InChI=1S/C13H7Br2F3O/c14-6-1-3-9(15)8(5-6)13(19)7-2-4-10(16)12(18)11(7)17/h1-5,13,19H. The molecule has 0 aliphatic carbocycles. The van der Waals surface area contributed by atoms with Crippen LogP contribution in [0.4, 0.5) is 13.2 Å². The van der Waals surface area contributed by atoms with Crippen molar-refractivity contribution in [3.63, 3.8) is 0 Å². The van der Waals surface area contributed by atoms with Gasteiger partial charge in [0.1, 0.15) is 6.10 Å². The molecule has 2 rings (SSSR count). The van der Waals surface area contributed by atoms with E-state index in [9.17, 15) is 18.3 Å². The van der Waals surface area contributed by atoms with Gasteiger partial charge in [0.05, 0.1) is 0 Å². The Kier molecular flexibility index (Phi) is 4.32. The third-order valence-electron chi connectivity index (χ3n) is 2.61. The van der Waals surface area contributed by atoms with Crippen molar-refractivity contribution in [3.05, 3.63) is 67.9 Å². The zero-order valence-corrected chi connectivity index (χ0v) is 12.5. The third-order valence-corrected chi connectivity index (χ3v) is 3.83. The molecule has 0 aromatic heterocycles. The lowest BCUT2D eigenvalue weighted by Gasteiger charge is -2.15. The third kappa shape index (κ3) is 2.85. The van der Waals surface area contributed by atoms with Crippen LogP contribution in [0.5, 0.6) is 0 Å². The Morgan fingerprint density at radius 3 is 2.26 bits per heavy atom. The fourth-order valence-corrected chi connectivity index (χ4v) is 2.49. The first-order valence-corrected chi connectivity index (χ1v) is 6.77. The van der Waals surface area contributed by atoms with Crippen molar-refractivity contribution in [3.8, 4) is 0 Å². The van der Waals surface area contributed by atoms with Crippen LogP contribution in [0.25, 0.3) is 0 Å². The Morgan fingerprint density at radius 2 is 1.58 bits per heavy atom. The molecule has 1 unspecified atom stereocenters. The molecule has 0 spiro atoms. The van der Waals surface area contributed by atoms with Gasteiger partial charge in [-0.25, -0.2) is 13.2 Å². The van der Waals surface area contributed by atoms with Crippen LogP contribution in [0.2, 0.25) is 0 Å². The van der Waals surface area contributed by atoms with Gasteiger partial charge in [0.2, 0.25) is 0 Å². The number of aliphatic hydroxyl groups is 1. The first kappa shape index (κ1) is 14.6. The van der Waals surface area contributed by atoms with Crippen LogP contribution in [0.3, 0.4) is 0 Å². The zero-order valence-electron chi connectivity index (χ0n) is 9.30. The Balaban J connectivity index is 2.53. The second kappa shape index (κ2) is 5.64. The largest absolute Gasteiger partial charge is 0.384 e. The first-order chi connectivity index (χ1) is 8.91. The van der Waals surface area contributed by atoms with Gasteiger partial charge >= 0.3 is 0 Å². The second-order valence-corrected chi connectivity index (χ2v) is 5.60. The highest BCUT2D eigenvalue weighted by Gasteiger charge is 2.22. The van der Waals surface area contributed by atoms with Crippen molar-refractivity contribution in [2.24, 2.45) is 0 Å². The van der Waals surface area contributed by atoms with E-state index in [4.69, 9.17) is 0 Å². The van der Waals surface area contributed by atoms with Crippen molar-refractivity contribution < 1.29 is 18.3 Å². The van der Waals surface area contributed by atoms with Crippen molar-refractivity contribution >= 4 is 31.9 Å². The molecule has 19 heavy (non-hydrogen) atoms. The van der Waals surface area contributed by atoms with E-state index in [1.807, 2.05) is 0 Å². The van der Waals surface area contributed by atoms with Crippen molar-refractivity contribution in [2.75, 3.05) is 0 Å². The van der Waals surface area contributed by atoms with E-state index in [1.165, 1.54) is 0 Å². The van der Waals surface area contributed by atoms with Crippen molar-refractivity contribution in [2.45, 2.75) is 6.10 Å². The highest BCUT2D eigenvalue weighted by atomic mass is 79.9. The lowest BCUT2D eigenvalue weighted by molar-refractivity contribution is 0.212.